The number of hydrogen-bond acceptors (Lipinski definition) is 4. The van der Waals surface area contributed by atoms with Gasteiger partial charge in [-0.1, -0.05) is 18.2 Å². The van der Waals surface area contributed by atoms with Crippen LogP contribution in [0.4, 0.5) is 0 Å². The molecule has 0 aliphatic heterocycles. The highest BCUT2D eigenvalue weighted by atomic mass is 16.1. The third-order valence-corrected chi connectivity index (χ3v) is 5.07. The van der Waals surface area contributed by atoms with Gasteiger partial charge in [0.05, 0.1) is 0 Å². The lowest BCUT2D eigenvalue weighted by molar-refractivity contribution is 0.0948. The molecule has 0 aliphatic carbocycles. The maximum Gasteiger partial charge on any atom is 0.271 e. The molecule has 0 bridgehead atoms. The molecular weight excluding hydrogens is 388 g/mol. The zero-order chi connectivity index (χ0) is 21.0. The van der Waals surface area contributed by atoms with E-state index < -0.39 is 0 Å². The number of nitrogens with one attached hydrogen (secondary N) is 1. The predicted molar refractivity (Wildman–Crippen MR) is 118 cm³/mol. The van der Waals surface area contributed by atoms with Gasteiger partial charge in [-0.25, -0.2) is 4.68 Å². The fourth-order valence-corrected chi connectivity index (χ4v) is 3.49. The maximum atomic E-state index is 12.5. The van der Waals surface area contributed by atoms with Gasteiger partial charge in [0.2, 0.25) is 0 Å². The molecular formula is C24H20N6O. The number of carbonyl (C=O) groups excluding carboxylic acids is 1. The minimum Gasteiger partial charge on any atom is -0.350 e. The first-order valence-electron chi connectivity index (χ1n) is 10.0. The molecule has 5 heterocycles. The van der Waals surface area contributed by atoms with Crippen molar-refractivity contribution >= 4 is 11.4 Å². The number of hydrogen-bond donors (Lipinski definition) is 1. The topological polar surface area (TPSA) is 77.1 Å². The lowest BCUT2D eigenvalue weighted by atomic mass is 10.1. The normalized spacial score (nSPS) is 11.0. The van der Waals surface area contributed by atoms with Crippen molar-refractivity contribution in [1.29, 1.82) is 0 Å². The Kier molecular flexibility index (Phi) is 4.98. The molecule has 0 unspecified atom stereocenters. The fraction of sp³-hybridized carbons (Fsp3) is 0.0833. The van der Waals surface area contributed by atoms with Gasteiger partial charge >= 0.3 is 0 Å². The molecule has 5 aromatic heterocycles. The molecule has 0 saturated carbocycles. The summed E-state index contributed by atoms with van der Waals surface area (Å²) in [5.74, 6) is 0.653. The molecule has 0 spiro atoms. The zero-order valence-electron chi connectivity index (χ0n) is 16.7. The number of fused-ring (bicyclic) bond motifs is 1. The van der Waals surface area contributed by atoms with Crippen LogP contribution in [0.5, 0.6) is 0 Å². The first-order chi connectivity index (χ1) is 15.3. The van der Waals surface area contributed by atoms with E-state index in [4.69, 9.17) is 0 Å². The number of pyridine rings is 3. The van der Waals surface area contributed by atoms with Crippen molar-refractivity contribution < 1.29 is 4.79 Å². The Morgan fingerprint density at radius 2 is 1.87 bits per heavy atom. The van der Waals surface area contributed by atoms with Gasteiger partial charge in [-0.05, 0) is 48.0 Å². The first kappa shape index (κ1) is 18.7. The number of aromatic nitrogens is 5. The van der Waals surface area contributed by atoms with Gasteiger partial charge in [0.15, 0.2) is 5.69 Å². The lowest BCUT2D eigenvalue weighted by Crippen LogP contribution is -2.26. The Labute approximate surface area is 179 Å². The molecule has 0 aromatic carbocycles. The first-order valence-corrected chi connectivity index (χ1v) is 10.0. The van der Waals surface area contributed by atoms with E-state index in [-0.39, 0.29) is 5.91 Å². The van der Waals surface area contributed by atoms with Crippen LogP contribution in [0.15, 0.2) is 91.6 Å². The van der Waals surface area contributed by atoms with E-state index in [2.05, 4.69) is 43.1 Å². The summed E-state index contributed by atoms with van der Waals surface area (Å²) < 4.78 is 3.77. The maximum absolute atomic E-state index is 12.5. The van der Waals surface area contributed by atoms with Crippen molar-refractivity contribution in [2.45, 2.75) is 6.42 Å². The molecule has 7 nitrogen and oxygen atoms in total. The summed E-state index contributed by atoms with van der Waals surface area (Å²) in [6, 6.07) is 19.6. The Morgan fingerprint density at radius 1 is 0.935 bits per heavy atom. The lowest BCUT2D eigenvalue weighted by Gasteiger charge is -2.07. The quantitative estimate of drug-likeness (QED) is 0.466. The standard InChI is InChI=1S/C24H20N6O/c31-24(27-14-10-20-5-1-2-13-26-20)22-11-15-30(28-22)23-9-8-21-7-6-19(17-29(21)23)18-4-3-12-25-16-18/h1-9,11-13,15-17H,10,14H2,(H,27,31). The van der Waals surface area contributed by atoms with Crippen molar-refractivity contribution in [3.63, 3.8) is 0 Å². The van der Waals surface area contributed by atoms with E-state index in [9.17, 15) is 4.79 Å². The Hall–Kier alpha value is -4.26. The molecule has 1 amide bonds. The van der Waals surface area contributed by atoms with E-state index in [0.717, 1.165) is 28.2 Å². The largest absolute Gasteiger partial charge is 0.350 e. The summed E-state index contributed by atoms with van der Waals surface area (Å²) in [6.07, 6.45) is 9.87. The van der Waals surface area contributed by atoms with Gasteiger partial charge in [0, 0.05) is 60.7 Å². The molecule has 7 heteroatoms. The molecule has 5 rings (SSSR count). The van der Waals surface area contributed by atoms with Crippen LogP contribution in [0, 0.1) is 0 Å². The van der Waals surface area contributed by atoms with E-state index in [1.54, 1.807) is 29.3 Å². The molecule has 0 radical (unpaired) electrons. The Bertz CT molecular complexity index is 1320. The van der Waals surface area contributed by atoms with Crippen molar-refractivity contribution in [3.05, 3.63) is 103 Å². The van der Waals surface area contributed by atoms with Crippen LogP contribution in [0.25, 0.3) is 22.5 Å². The zero-order valence-corrected chi connectivity index (χ0v) is 16.7. The van der Waals surface area contributed by atoms with Crippen LogP contribution in [0.1, 0.15) is 16.2 Å². The summed E-state index contributed by atoms with van der Waals surface area (Å²) in [5.41, 5.74) is 4.45. The van der Waals surface area contributed by atoms with E-state index in [1.165, 1.54) is 0 Å². The van der Waals surface area contributed by atoms with Crippen molar-refractivity contribution in [2.75, 3.05) is 6.54 Å². The monoisotopic (exact) mass is 408 g/mol. The minimum atomic E-state index is -0.202. The Balaban J connectivity index is 1.35. The SMILES string of the molecule is O=C(NCCc1ccccn1)c1ccn(-c2ccc3ccc(-c4cccnc4)cn23)n1. The van der Waals surface area contributed by atoms with E-state index >= 15 is 0 Å². The van der Waals surface area contributed by atoms with Crippen LogP contribution in [0.3, 0.4) is 0 Å². The number of nitrogens with zero attached hydrogens (tertiary/aromatic N) is 5. The molecule has 152 valence electrons. The molecule has 0 aliphatic rings. The molecule has 31 heavy (non-hydrogen) atoms. The van der Waals surface area contributed by atoms with Crippen LogP contribution in [0.2, 0.25) is 0 Å². The van der Waals surface area contributed by atoms with Gasteiger partial charge in [-0.3, -0.25) is 14.8 Å². The third-order valence-electron chi connectivity index (χ3n) is 5.07. The van der Waals surface area contributed by atoms with Crippen molar-refractivity contribution in [2.24, 2.45) is 0 Å². The van der Waals surface area contributed by atoms with Crippen LogP contribution in [-0.2, 0) is 6.42 Å². The molecule has 5 aromatic rings. The van der Waals surface area contributed by atoms with Gasteiger partial charge in [-0.15, -0.1) is 0 Å². The number of carbonyl (C=O) groups is 1. The average Bonchev–Trinajstić information content (AvgIpc) is 3.47. The summed E-state index contributed by atoms with van der Waals surface area (Å²) in [4.78, 5) is 21.0. The van der Waals surface area contributed by atoms with Crippen LogP contribution < -0.4 is 5.32 Å². The summed E-state index contributed by atoms with van der Waals surface area (Å²) in [6.45, 7) is 0.505. The highest BCUT2D eigenvalue weighted by molar-refractivity contribution is 5.92. The molecule has 1 N–H and O–H groups in total. The van der Waals surface area contributed by atoms with Crippen LogP contribution in [-0.4, -0.2) is 36.6 Å². The van der Waals surface area contributed by atoms with Gasteiger partial charge in [0.25, 0.3) is 5.91 Å². The molecule has 0 fully saturated rings. The van der Waals surface area contributed by atoms with Gasteiger partial charge in [-0.2, -0.15) is 5.10 Å². The summed E-state index contributed by atoms with van der Waals surface area (Å²) in [7, 11) is 0. The third kappa shape index (κ3) is 3.93. The molecule has 0 atom stereocenters. The van der Waals surface area contributed by atoms with Gasteiger partial charge < -0.3 is 9.72 Å². The second-order valence-electron chi connectivity index (χ2n) is 7.12. The smallest absolute Gasteiger partial charge is 0.271 e. The molecule has 0 saturated heterocycles. The second-order valence-corrected chi connectivity index (χ2v) is 7.12. The van der Waals surface area contributed by atoms with E-state index in [0.29, 0.717) is 18.7 Å². The Morgan fingerprint density at radius 3 is 2.71 bits per heavy atom. The average molecular weight is 408 g/mol. The van der Waals surface area contributed by atoms with Crippen LogP contribution >= 0.6 is 0 Å². The highest BCUT2D eigenvalue weighted by Gasteiger charge is 2.12. The fourth-order valence-electron chi connectivity index (χ4n) is 3.49. The van der Waals surface area contributed by atoms with Crippen molar-refractivity contribution in [1.82, 2.24) is 29.5 Å². The second kappa shape index (κ2) is 8.23. The highest BCUT2D eigenvalue weighted by Crippen LogP contribution is 2.22. The van der Waals surface area contributed by atoms with Gasteiger partial charge in [0.1, 0.15) is 5.82 Å². The number of rotatable bonds is 6. The summed E-state index contributed by atoms with van der Waals surface area (Å²) in [5, 5.41) is 7.39. The van der Waals surface area contributed by atoms with Crippen molar-refractivity contribution in [3.8, 4) is 16.9 Å². The minimum absolute atomic E-state index is 0.202. The van der Waals surface area contributed by atoms with E-state index in [1.807, 2.05) is 48.7 Å². The number of amides is 1. The predicted octanol–water partition coefficient (Wildman–Crippen LogP) is 3.55. The summed E-state index contributed by atoms with van der Waals surface area (Å²) >= 11 is 0.